The molecule has 17 heavy (non-hydrogen) atoms. The maximum Gasteiger partial charge on any atom is 0.177 e. The molecule has 0 aliphatic rings. The topological polar surface area (TPSA) is 29.9 Å². The molecule has 0 spiro atoms. The zero-order chi connectivity index (χ0) is 12.3. The largest absolute Gasteiger partial charge is 0.497 e. The summed E-state index contributed by atoms with van der Waals surface area (Å²) in [6.07, 6.45) is 2.94. The van der Waals surface area contributed by atoms with Crippen LogP contribution < -0.4 is 4.74 Å². The van der Waals surface area contributed by atoms with Gasteiger partial charge in [0, 0.05) is 11.9 Å². The van der Waals surface area contributed by atoms with Crippen molar-refractivity contribution in [2.24, 2.45) is 0 Å². The van der Waals surface area contributed by atoms with E-state index in [-0.39, 0.29) is 0 Å². The van der Waals surface area contributed by atoms with E-state index in [1.165, 1.54) is 11.3 Å². The number of ether oxygens (including phenoxy) is 1. The average Bonchev–Trinajstić information content (AvgIpc) is 2.71. The molecular formula is C13H16N2OS. The number of benzene rings is 1. The monoisotopic (exact) mass is 248 g/mol. The van der Waals surface area contributed by atoms with Gasteiger partial charge >= 0.3 is 0 Å². The van der Waals surface area contributed by atoms with E-state index in [1.807, 2.05) is 24.4 Å². The highest BCUT2D eigenvalue weighted by Gasteiger charge is 2.03. The summed E-state index contributed by atoms with van der Waals surface area (Å²) in [5.41, 5.74) is 2.41. The van der Waals surface area contributed by atoms with Crippen LogP contribution in [0, 0.1) is 4.77 Å². The van der Waals surface area contributed by atoms with Gasteiger partial charge in [-0.15, -0.1) is 0 Å². The molecule has 0 fully saturated rings. The molecule has 4 heteroatoms. The zero-order valence-electron chi connectivity index (χ0n) is 10.1. The number of hydrogen-bond acceptors (Lipinski definition) is 2. The molecule has 3 nitrogen and oxygen atoms in total. The molecule has 1 heterocycles. The van der Waals surface area contributed by atoms with Crippen LogP contribution in [0.2, 0.25) is 0 Å². The predicted octanol–water partition coefficient (Wildman–Crippen LogP) is 3.16. The van der Waals surface area contributed by atoms with Crippen molar-refractivity contribution in [2.45, 2.75) is 19.9 Å². The van der Waals surface area contributed by atoms with E-state index in [1.54, 1.807) is 7.11 Å². The second-order valence-electron chi connectivity index (χ2n) is 3.88. The van der Waals surface area contributed by atoms with Gasteiger partial charge in [0.2, 0.25) is 0 Å². The second-order valence-corrected chi connectivity index (χ2v) is 4.26. The summed E-state index contributed by atoms with van der Waals surface area (Å²) in [5, 5.41) is 0. The van der Waals surface area contributed by atoms with Crippen LogP contribution in [0.15, 0.2) is 30.5 Å². The van der Waals surface area contributed by atoms with Gasteiger partial charge in [0.15, 0.2) is 4.77 Å². The van der Waals surface area contributed by atoms with Crippen molar-refractivity contribution >= 4 is 12.2 Å². The second kappa shape index (κ2) is 5.19. The molecule has 90 valence electrons. The Bertz CT molecular complexity index is 557. The van der Waals surface area contributed by atoms with Gasteiger partial charge in [0.05, 0.1) is 13.7 Å². The minimum Gasteiger partial charge on any atom is -0.497 e. The molecule has 0 amide bonds. The van der Waals surface area contributed by atoms with Crippen molar-refractivity contribution in [2.75, 3.05) is 7.11 Å². The van der Waals surface area contributed by atoms with E-state index in [4.69, 9.17) is 17.0 Å². The molecule has 0 aliphatic heterocycles. The Labute approximate surface area is 106 Å². The van der Waals surface area contributed by atoms with Crippen molar-refractivity contribution in [3.05, 3.63) is 46.5 Å². The maximum atomic E-state index is 5.28. The molecule has 1 aromatic heterocycles. The molecule has 0 saturated carbocycles. The number of hydrogen-bond donors (Lipinski definition) is 1. The summed E-state index contributed by atoms with van der Waals surface area (Å²) in [7, 11) is 1.68. The molecule has 0 saturated heterocycles. The van der Waals surface area contributed by atoms with E-state index in [9.17, 15) is 0 Å². The van der Waals surface area contributed by atoms with Crippen LogP contribution in [-0.2, 0) is 13.0 Å². The third-order valence-electron chi connectivity index (χ3n) is 2.79. The van der Waals surface area contributed by atoms with Gasteiger partial charge < -0.3 is 14.3 Å². The first-order chi connectivity index (χ1) is 8.24. The molecule has 0 aliphatic carbocycles. The first kappa shape index (κ1) is 11.9. The van der Waals surface area contributed by atoms with Crippen molar-refractivity contribution < 1.29 is 4.74 Å². The fourth-order valence-electron chi connectivity index (χ4n) is 1.85. The van der Waals surface area contributed by atoms with Gasteiger partial charge in [-0.3, -0.25) is 0 Å². The van der Waals surface area contributed by atoms with Crippen LogP contribution >= 0.6 is 12.2 Å². The summed E-state index contributed by atoms with van der Waals surface area (Å²) >= 11 is 5.28. The van der Waals surface area contributed by atoms with Crippen LogP contribution in [-0.4, -0.2) is 16.7 Å². The van der Waals surface area contributed by atoms with Crippen molar-refractivity contribution in [3.63, 3.8) is 0 Å². The van der Waals surface area contributed by atoms with Crippen molar-refractivity contribution in [1.29, 1.82) is 0 Å². The predicted molar refractivity (Wildman–Crippen MR) is 71.1 cm³/mol. The van der Waals surface area contributed by atoms with E-state index in [0.717, 1.165) is 23.5 Å². The number of rotatable bonds is 4. The average molecular weight is 248 g/mol. The van der Waals surface area contributed by atoms with Crippen LogP contribution in [0.4, 0.5) is 0 Å². The van der Waals surface area contributed by atoms with E-state index < -0.39 is 0 Å². The van der Waals surface area contributed by atoms with Gasteiger partial charge in [-0.25, -0.2) is 0 Å². The molecule has 2 rings (SSSR count). The molecule has 0 unspecified atom stereocenters. The molecule has 0 bridgehead atoms. The number of methoxy groups -OCH3 is 1. The third-order valence-corrected chi connectivity index (χ3v) is 3.13. The van der Waals surface area contributed by atoms with Gasteiger partial charge in [-0.2, -0.15) is 0 Å². The fourth-order valence-corrected chi connectivity index (χ4v) is 2.09. The number of H-pyrrole nitrogens is 1. The minimum absolute atomic E-state index is 0.768. The quantitative estimate of drug-likeness (QED) is 0.842. The molecule has 1 N–H and O–H groups in total. The molecular weight excluding hydrogens is 232 g/mol. The lowest BCUT2D eigenvalue weighted by Crippen LogP contribution is -2.03. The number of imidazole rings is 1. The summed E-state index contributed by atoms with van der Waals surface area (Å²) < 4.78 is 8.10. The third kappa shape index (κ3) is 2.58. The van der Waals surface area contributed by atoms with Gasteiger partial charge in [0.25, 0.3) is 0 Å². The Balaban J connectivity index is 2.30. The Morgan fingerprint density at radius 3 is 2.94 bits per heavy atom. The Morgan fingerprint density at radius 2 is 2.24 bits per heavy atom. The van der Waals surface area contributed by atoms with Crippen LogP contribution in [0.5, 0.6) is 5.75 Å². The van der Waals surface area contributed by atoms with E-state index in [0.29, 0.717) is 0 Å². The maximum absolute atomic E-state index is 5.28. The number of aromatic amines is 1. The molecule has 0 atom stereocenters. The van der Waals surface area contributed by atoms with Crippen molar-refractivity contribution in [3.8, 4) is 5.75 Å². The SMILES string of the molecule is CCc1c[nH]c(=S)n1Cc1cccc(OC)c1. The van der Waals surface area contributed by atoms with Gasteiger partial charge in [-0.05, 0) is 36.3 Å². The van der Waals surface area contributed by atoms with Crippen molar-refractivity contribution in [1.82, 2.24) is 9.55 Å². The van der Waals surface area contributed by atoms with Crippen LogP contribution in [0.1, 0.15) is 18.2 Å². The first-order valence-electron chi connectivity index (χ1n) is 5.64. The summed E-state index contributed by atoms with van der Waals surface area (Å²) in [5.74, 6) is 0.877. The van der Waals surface area contributed by atoms with Gasteiger partial charge in [0.1, 0.15) is 5.75 Å². The van der Waals surface area contributed by atoms with Gasteiger partial charge in [-0.1, -0.05) is 19.1 Å². The first-order valence-corrected chi connectivity index (χ1v) is 6.05. The number of nitrogens with one attached hydrogen (secondary N) is 1. The van der Waals surface area contributed by atoms with Crippen LogP contribution in [0.25, 0.3) is 0 Å². The molecule has 2 aromatic rings. The smallest absolute Gasteiger partial charge is 0.177 e. The van der Waals surface area contributed by atoms with E-state index >= 15 is 0 Å². The zero-order valence-corrected chi connectivity index (χ0v) is 10.9. The van der Waals surface area contributed by atoms with E-state index in [2.05, 4.69) is 22.5 Å². The Kier molecular flexibility index (Phi) is 3.64. The van der Waals surface area contributed by atoms with Crippen LogP contribution in [0.3, 0.4) is 0 Å². The minimum atomic E-state index is 0.768. The summed E-state index contributed by atoms with van der Waals surface area (Å²) in [6.45, 7) is 2.91. The standard InChI is InChI=1S/C13H16N2OS/c1-3-11-8-14-13(17)15(11)9-10-5-4-6-12(7-10)16-2/h4-8H,3,9H2,1-2H3,(H,14,17). The summed E-state index contributed by atoms with van der Waals surface area (Å²) in [4.78, 5) is 3.08. The Hall–Kier alpha value is -1.55. The molecule has 1 aromatic carbocycles. The lowest BCUT2D eigenvalue weighted by molar-refractivity contribution is 0.414. The summed E-state index contributed by atoms with van der Waals surface area (Å²) in [6, 6.07) is 8.06. The highest BCUT2D eigenvalue weighted by molar-refractivity contribution is 7.71. The number of aryl methyl sites for hydroxylation is 1. The fraction of sp³-hybridized carbons (Fsp3) is 0.308. The lowest BCUT2D eigenvalue weighted by atomic mass is 10.2. The highest BCUT2D eigenvalue weighted by atomic mass is 32.1. The molecule has 0 radical (unpaired) electrons. The lowest BCUT2D eigenvalue weighted by Gasteiger charge is -2.08. The Morgan fingerprint density at radius 1 is 1.41 bits per heavy atom. The normalized spacial score (nSPS) is 10.5. The number of aromatic nitrogens is 2. The number of nitrogens with zero attached hydrogens (tertiary/aromatic N) is 1. The highest BCUT2D eigenvalue weighted by Crippen LogP contribution is 2.15.